The maximum absolute atomic E-state index is 14.6. The van der Waals surface area contributed by atoms with Crippen LogP contribution in [-0.4, -0.2) is 6.61 Å². The van der Waals surface area contributed by atoms with Crippen LogP contribution < -0.4 is 4.74 Å². The molecule has 1 nitrogen and oxygen atoms in total. The Kier molecular flexibility index (Phi) is 7.32. The van der Waals surface area contributed by atoms with Crippen LogP contribution >= 0.6 is 0 Å². The highest BCUT2D eigenvalue weighted by Crippen LogP contribution is 2.45. The second kappa shape index (κ2) is 9.71. The molecule has 0 aromatic heterocycles. The molecular weight excluding hydrogens is 342 g/mol. The molecule has 27 heavy (non-hydrogen) atoms. The van der Waals surface area contributed by atoms with Crippen LogP contribution in [0.2, 0.25) is 0 Å². The molecule has 0 unspecified atom stereocenters. The molecule has 2 saturated carbocycles. The van der Waals surface area contributed by atoms with Crippen LogP contribution in [0.4, 0.5) is 8.78 Å². The van der Waals surface area contributed by atoms with Crippen molar-refractivity contribution in [1.29, 1.82) is 0 Å². The van der Waals surface area contributed by atoms with Gasteiger partial charge in [-0.05, 0) is 73.8 Å². The molecule has 1 aromatic rings. The molecule has 0 bridgehead atoms. The van der Waals surface area contributed by atoms with Gasteiger partial charge in [0, 0.05) is 0 Å². The van der Waals surface area contributed by atoms with Crippen molar-refractivity contribution >= 4 is 0 Å². The Hall–Kier alpha value is -1.38. The zero-order chi connectivity index (χ0) is 19.2. The molecule has 2 aliphatic rings. The van der Waals surface area contributed by atoms with Crippen LogP contribution in [0.3, 0.4) is 0 Å². The number of benzene rings is 1. The molecule has 3 heteroatoms. The highest BCUT2D eigenvalue weighted by atomic mass is 19.2. The predicted octanol–water partition coefficient (Wildman–Crippen LogP) is 7.41. The Morgan fingerprint density at radius 3 is 2.19 bits per heavy atom. The molecule has 0 heterocycles. The molecule has 0 amide bonds. The van der Waals surface area contributed by atoms with Crippen molar-refractivity contribution in [2.75, 3.05) is 6.61 Å². The van der Waals surface area contributed by atoms with Crippen LogP contribution in [0.15, 0.2) is 24.8 Å². The molecule has 0 aliphatic heterocycles. The first-order valence-electron chi connectivity index (χ1n) is 10.9. The van der Waals surface area contributed by atoms with E-state index >= 15 is 0 Å². The van der Waals surface area contributed by atoms with Crippen LogP contribution in [0.5, 0.6) is 5.75 Å². The van der Waals surface area contributed by atoms with Crippen molar-refractivity contribution in [3.05, 3.63) is 42.0 Å². The van der Waals surface area contributed by atoms with E-state index in [2.05, 4.69) is 13.5 Å². The van der Waals surface area contributed by atoms with Gasteiger partial charge in [0.1, 0.15) is 6.61 Å². The molecule has 0 atom stereocenters. The Bertz CT molecular complexity index is 611. The van der Waals surface area contributed by atoms with E-state index in [4.69, 9.17) is 4.74 Å². The maximum Gasteiger partial charge on any atom is 0.200 e. The zero-order valence-electron chi connectivity index (χ0n) is 16.7. The Morgan fingerprint density at radius 1 is 0.963 bits per heavy atom. The van der Waals surface area contributed by atoms with E-state index in [-0.39, 0.29) is 18.3 Å². The second-order valence-electron chi connectivity index (χ2n) is 8.56. The van der Waals surface area contributed by atoms with E-state index in [1.165, 1.54) is 44.6 Å². The molecule has 0 saturated heterocycles. The zero-order valence-corrected chi connectivity index (χ0v) is 16.7. The summed E-state index contributed by atoms with van der Waals surface area (Å²) in [5.41, 5.74) is 0.531. The van der Waals surface area contributed by atoms with Crippen molar-refractivity contribution < 1.29 is 13.5 Å². The van der Waals surface area contributed by atoms with Crippen molar-refractivity contribution in [2.24, 2.45) is 17.8 Å². The van der Waals surface area contributed by atoms with Gasteiger partial charge in [-0.15, -0.1) is 0 Å². The molecule has 2 fully saturated rings. The van der Waals surface area contributed by atoms with Gasteiger partial charge in [-0.2, -0.15) is 4.39 Å². The number of ether oxygens (including phenoxy) is 1. The topological polar surface area (TPSA) is 9.23 Å². The number of halogens is 2. The smallest absolute Gasteiger partial charge is 0.200 e. The van der Waals surface area contributed by atoms with Crippen LogP contribution in [-0.2, 0) is 0 Å². The lowest BCUT2D eigenvalue weighted by Gasteiger charge is -2.38. The molecule has 150 valence electrons. The van der Waals surface area contributed by atoms with Gasteiger partial charge in [0.2, 0.25) is 5.82 Å². The van der Waals surface area contributed by atoms with E-state index in [1.807, 2.05) is 0 Å². The van der Waals surface area contributed by atoms with E-state index < -0.39 is 11.6 Å². The van der Waals surface area contributed by atoms with Crippen molar-refractivity contribution in [3.8, 4) is 5.75 Å². The number of hydrogen-bond acceptors (Lipinski definition) is 1. The summed E-state index contributed by atoms with van der Waals surface area (Å²) in [6.07, 6.45) is 14.0. The minimum atomic E-state index is -0.856. The molecule has 0 spiro atoms. The Balaban J connectivity index is 1.55. The van der Waals surface area contributed by atoms with E-state index in [0.717, 1.165) is 43.4 Å². The van der Waals surface area contributed by atoms with Crippen molar-refractivity contribution in [1.82, 2.24) is 0 Å². The molecular formula is C24H34F2O. The molecule has 2 aliphatic carbocycles. The average molecular weight is 377 g/mol. The third-order valence-corrected chi connectivity index (χ3v) is 6.90. The normalized spacial score (nSPS) is 28.7. The van der Waals surface area contributed by atoms with E-state index in [0.29, 0.717) is 5.56 Å². The first kappa shape index (κ1) is 20.4. The molecule has 0 radical (unpaired) electrons. The van der Waals surface area contributed by atoms with Crippen LogP contribution in [0.1, 0.15) is 82.6 Å². The summed E-state index contributed by atoms with van der Waals surface area (Å²) in [5.74, 6) is 1.13. The summed E-state index contributed by atoms with van der Waals surface area (Å²) in [6, 6.07) is 3.29. The predicted molar refractivity (Wildman–Crippen MR) is 107 cm³/mol. The van der Waals surface area contributed by atoms with E-state index in [9.17, 15) is 8.78 Å². The summed E-state index contributed by atoms with van der Waals surface area (Å²) >= 11 is 0. The van der Waals surface area contributed by atoms with Gasteiger partial charge < -0.3 is 4.74 Å². The van der Waals surface area contributed by atoms with Gasteiger partial charge in [0.05, 0.1) is 0 Å². The lowest BCUT2D eigenvalue weighted by atomic mass is 9.68. The summed E-state index contributed by atoms with van der Waals surface area (Å²) in [5, 5.41) is 0. The lowest BCUT2D eigenvalue weighted by Crippen LogP contribution is -2.25. The monoisotopic (exact) mass is 376 g/mol. The minimum absolute atomic E-state index is 0.0197. The Morgan fingerprint density at radius 2 is 1.59 bits per heavy atom. The third kappa shape index (κ3) is 4.92. The van der Waals surface area contributed by atoms with Gasteiger partial charge in [-0.25, -0.2) is 4.39 Å². The van der Waals surface area contributed by atoms with Crippen LogP contribution in [0.25, 0.3) is 0 Å². The fourth-order valence-corrected chi connectivity index (χ4v) is 5.38. The third-order valence-electron chi connectivity index (χ3n) is 6.90. The summed E-state index contributed by atoms with van der Waals surface area (Å²) in [4.78, 5) is 0. The quantitative estimate of drug-likeness (QED) is 0.450. The minimum Gasteiger partial charge on any atom is -0.486 e. The van der Waals surface area contributed by atoms with Crippen LogP contribution in [0, 0.1) is 29.4 Å². The second-order valence-corrected chi connectivity index (χ2v) is 8.56. The first-order valence-corrected chi connectivity index (χ1v) is 10.9. The Labute approximate surface area is 163 Å². The van der Waals surface area contributed by atoms with Crippen molar-refractivity contribution in [2.45, 2.75) is 77.0 Å². The van der Waals surface area contributed by atoms with Crippen molar-refractivity contribution in [3.63, 3.8) is 0 Å². The molecule has 3 rings (SSSR count). The summed E-state index contributed by atoms with van der Waals surface area (Å²) < 4.78 is 34.0. The van der Waals surface area contributed by atoms with Gasteiger partial charge in [-0.3, -0.25) is 0 Å². The largest absolute Gasteiger partial charge is 0.486 e. The number of hydrogen-bond donors (Lipinski definition) is 0. The van der Waals surface area contributed by atoms with Gasteiger partial charge in [-0.1, -0.05) is 51.3 Å². The molecule has 0 N–H and O–H groups in total. The highest BCUT2D eigenvalue weighted by molar-refractivity contribution is 5.33. The van der Waals surface area contributed by atoms with Gasteiger partial charge in [0.15, 0.2) is 11.6 Å². The lowest BCUT2D eigenvalue weighted by molar-refractivity contribution is 0.155. The highest BCUT2D eigenvalue weighted by Gasteiger charge is 2.32. The van der Waals surface area contributed by atoms with Gasteiger partial charge >= 0.3 is 0 Å². The number of rotatable bonds is 7. The van der Waals surface area contributed by atoms with E-state index in [1.54, 1.807) is 12.1 Å². The fourth-order valence-electron chi connectivity index (χ4n) is 5.38. The maximum atomic E-state index is 14.6. The molecule has 1 aromatic carbocycles. The average Bonchev–Trinajstić information content (AvgIpc) is 2.70. The fraction of sp³-hybridized carbons (Fsp3) is 0.667. The van der Waals surface area contributed by atoms with Gasteiger partial charge in [0.25, 0.3) is 0 Å². The first-order chi connectivity index (χ1) is 13.1. The summed E-state index contributed by atoms with van der Waals surface area (Å²) in [6.45, 7) is 6.00. The summed E-state index contributed by atoms with van der Waals surface area (Å²) in [7, 11) is 0. The standard InChI is InChI=1S/C24H34F2O/c1-3-5-17-6-8-18(9-7-17)19-10-12-20(13-11-19)21-14-15-22(27-16-4-2)24(26)23(21)25/h4,14-15,17-20H,2-3,5-13,16H2,1H3. The SMILES string of the molecule is C=CCOc1ccc(C2CCC(C3CCC(CCC)CC3)CC2)c(F)c1F.